The minimum Gasteiger partial charge on any atom is -0.435 e. The first-order chi connectivity index (χ1) is 10.1. The van der Waals surface area contributed by atoms with Gasteiger partial charge in [0, 0.05) is 31.4 Å². The zero-order valence-corrected chi connectivity index (χ0v) is 11.7. The van der Waals surface area contributed by atoms with E-state index in [2.05, 4.69) is 19.8 Å². The van der Waals surface area contributed by atoms with E-state index >= 15 is 0 Å². The third kappa shape index (κ3) is 4.24. The maximum Gasteiger partial charge on any atom is 0.387 e. The van der Waals surface area contributed by atoms with Crippen LogP contribution >= 0.6 is 0 Å². The molecule has 0 saturated heterocycles. The van der Waals surface area contributed by atoms with Gasteiger partial charge in [-0.1, -0.05) is 12.1 Å². The molecule has 0 unspecified atom stereocenters. The molecule has 3 N–H and O–H groups in total. The standard InChI is InChI=1S/C14H18F2N4O/c1-20(7-6-17)9-13-12(8-18-19-13)10-2-4-11(5-3-10)21-14(15)16/h2-5,8,14H,6-7,9,17H2,1H3,(H,18,19). The second kappa shape index (κ2) is 7.14. The molecule has 5 nitrogen and oxygen atoms in total. The van der Waals surface area contributed by atoms with Crippen LogP contribution in [0.3, 0.4) is 0 Å². The average Bonchev–Trinajstić information content (AvgIpc) is 2.87. The number of nitrogens with zero attached hydrogens (tertiary/aromatic N) is 2. The van der Waals surface area contributed by atoms with Gasteiger partial charge in [-0.15, -0.1) is 0 Å². The number of benzene rings is 1. The minimum absolute atomic E-state index is 0.138. The Labute approximate surface area is 121 Å². The first kappa shape index (κ1) is 15.4. The van der Waals surface area contributed by atoms with Crippen molar-refractivity contribution in [2.45, 2.75) is 13.2 Å². The van der Waals surface area contributed by atoms with Gasteiger partial charge in [0.25, 0.3) is 0 Å². The lowest BCUT2D eigenvalue weighted by molar-refractivity contribution is -0.0498. The van der Waals surface area contributed by atoms with Gasteiger partial charge in [0.1, 0.15) is 5.75 Å². The average molecular weight is 296 g/mol. The number of aromatic amines is 1. The Morgan fingerprint density at radius 2 is 2.05 bits per heavy atom. The van der Waals surface area contributed by atoms with Crippen molar-refractivity contribution in [3.8, 4) is 16.9 Å². The number of aromatic nitrogens is 2. The number of hydrogen-bond donors (Lipinski definition) is 2. The van der Waals surface area contributed by atoms with E-state index in [-0.39, 0.29) is 5.75 Å². The highest BCUT2D eigenvalue weighted by atomic mass is 19.3. The summed E-state index contributed by atoms with van der Waals surface area (Å²) in [5.41, 5.74) is 8.22. The van der Waals surface area contributed by atoms with Gasteiger partial charge in [0.05, 0.1) is 5.69 Å². The van der Waals surface area contributed by atoms with Crippen LogP contribution in [0.15, 0.2) is 30.5 Å². The van der Waals surface area contributed by atoms with Crippen LogP contribution in [0, 0.1) is 0 Å². The van der Waals surface area contributed by atoms with E-state index in [1.807, 2.05) is 7.05 Å². The zero-order valence-electron chi connectivity index (χ0n) is 11.7. The zero-order chi connectivity index (χ0) is 15.2. The van der Waals surface area contributed by atoms with Crippen molar-refractivity contribution >= 4 is 0 Å². The molecule has 0 atom stereocenters. The predicted molar refractivity (Wildman–Crippen MR) is 76.0 cm³/mol. The molecular formula is C14H18F2N4O. The van der Waals surface area contributed by atoms with Crippen LogP contribution in [0.4, 0.5) is 8.78 Å². The summed E-state index contributed by atoms with van der Waals surface area (Å²) in [4.78, 5) is 2.06. The number of H-pyrrole nitrogens is 1. The fourth-order valence-electron chi connectivity index (χ4n) is 2.06. The molecule has 0 spiro atoms. The molecule has 1 aromatic carbocycles. The molecule has 0 radical (unpaired) electrons. The van der Waals surface area contributed by atoms with Crippen molar-refractivity contribution < 1.29 is 13.5 Å². The summed E-state index contributed by atoms with van der Waals surface area (Å²) >= 11 is 0. The minimum atomic E-state index is -2.81. The number of nitrogens with two attached hydrogens (primary N) is 1. The quantitative estimate of drug-likeness (QED) is 0.821. The van der Waals surface area contributed by atoms with Gasteiger partial charge in [0.2, 0.25) is 0 Å². The molecule has 0 aliphatic heterocycles. The highest BCUT2D eigenvalue weighted by Crippen LogP contribution is 2.25. The molecule has 0 aliphatic carbocycles. The SMILES string of the molecule is CN(CCN)Cc1n[nH]cc1-c1ccc(OC(F)F)cc1. The van der Waals surface area contributed by atoms with Gasteiger partial charge >= 0.3 is 6.61 Å². The molecule has 114 valence electrons. The van der Waals surface area contributed by atoms with Gasteiger partial charge in [0.15, 0.2) is 0 Å². The maximum absolute atomic E-state index is 12.1. The molecule has 0 bridgehead atoms. The van der Waals surface area contributed by atoms with Crippen molar-refractivity contribution in [3.05, 3.63) is 36.2 Å². The Morgan fingerprint density at radius 1 is 1.33 bits per heavy atom. The van der Waals surface area contributed by atoms with E-state index in [1.54, 1.807) is 18.3 Å². The Balaban J connectivity index is 2.13. The summed E-state index contributed by atoms with van der Waals surface area (Å²) in [7, 11) is 1.96. The molecule has 0 amide bonds. The number of nitrogens with one attached hydrogen (secondary N) is 1. The van der Waals surface area contributed by atoms with E-state index in [1.165, 1.54) is 12.1 Å². The van der Waals surface area contributed by atoms with Crippen molar-refractivity contribution in [1.29, 1.82) is 0 Å². The molecule has 7 heteroatoms. The number of hydrogen-bond acceptors (Lipinski definition) is 4. The molecule has 2 aromatic rings. The van der Waals surface area contributed by atoms with Gasteiger partial charge < -0.3 is 10.5 Å². The van der Waals surface area contributed by atoms with Crippen LogP contribution in [0.2, 0.25) is 0 Å². The molecule has 1 aromatic heterocycles. The highest BCUT2D eigenvalue weighted by Gasteiger charge is 2.11. The third-order valence-electron chi connectivity index (χ3n) is 3.04. The van der Waals surface area contributed by atoms with Crippen LogP contribution < -0.4 is 10.5 Å². The molecule has 1 heterocycles. The van der Waals surface area contributed by atoms with Gasteiger partial charge in [-0.05, 0) is 24.7 Å². The fourth-order valence-corrected chi connectivity index (χ4v) is 2.06. The topological polar surface area (TPSA) is 67.2 Å². The number of halogens is 2. The van der Waals surface area contributed by atoms with E-state index in [0.717, 1.165) is 23.4 Å². The second-order valence-corrected chi connectivity index (χ2v) is 4.67. The lowest BCUT2D eigenvalue weighted by Gasteiger charge is -2.14. The van der Waals surface area contributed by atoms with Crippen LogP contribution in [0.25, 0.3) is 11.1 Å². The van der Waals surface area contributed by atoms with E-state index in [9.17, 15) is 8.78 Å². The van der Waals surface area contributed by atoms with Crippen molar-refractivity contribution in [1.82, 2.24) is 15.1 Å². The Morgan fingerprint density at radius 3 is 2.67 bits per heavy atom. The highest BCUT2D eigenvalue weighted by molar-refractivity contribution is 5.65. The molecule has 0 saturated carbocycles. The van der Waals surface area contributed by atoms with Gasteiger partial charge in [-0.2, -0.15) is 13.9 Å². The normalized spacial score (nSPS) is 11.3. The molecule has 2 rings (SSSR count). The third-order valence-corrected chi connectivity index (χ3v) is 3.04. The van der Waals surface area contributed by atoms with Crippen LogP contribution in [-0.4, -0.2) is 41.8 Å². The largest absolute Gasteiger partial charge is 0.435 e. The van der Waals surface area contributed by atoms with Crippen LogP contribution in [-0.2, 0) is 6.54 Å². The summed E-state index contributed by atoms with van der Waals surface area (Å²) in [6, 6.07) is 6.49. The maximum atomic E-state index is 12.1. The molecule has 0 fully saturated rings. The number of likely N-dealkylation sites (N-methyl/N-ethyl adjacent to an activating group) is 1. The van der Waals surface area contributed by atoms with Crippen LogP contribution in [0.1, 0.15) is 5.69 Å². The van der Waals surface area contributed by atoms with Crippen molar-refractivity contribution in [2.75, 3.05) is 20.1 Å². The number of alkyl halides is 2. The lowest BCUT2D eigenvalue weighted by atomic mass is 10.1. The summed E-state index contributed by atoms with van der Waals surface area (Å²) < 4.78 is 28.6. The summed E-state index contributed by atoms with van der Waals surface area (Å²) in [5, 5.41) is 7.06. The van der Waals surface area contributed by atoms with Gasteiger partial charge in [-0.25, -0.2) is 0 Å². The van der Waals surface area contributed by atoms with E-state index < -0.39 is 6.61 Å². The molecular weight excluding hydrogens is 278 g/mol. The monoisotopic (exact) mass is 296 g/mol. The Bertz CT molecular complexity index is 556. The first-order valence-corrected chi connectivity index (χ1v) is 6.56. The first-order valence-electron chi connectivity index (χ1n) is 6.56. The van der Waals surface area contributed by atoms with E-state index in [4.69, 9.17) is 5.73 Å². The van der Waals surface area contributed by atoms with Crippen molar-refractivity contribution in [3.63, 3.8) is 0 Å². The summed E-state index contributed by atoms with van der Waals surface area (Å²) in [6.45, 7) is -0.806. The predicted octanol–water partition coefficient (Wildman–Crippen LogP) is 2.07. The van der Waals surface area contributed by atoms with Gasteiger partial charge in [-0.3, -0.25) is 10.00 Å². The van der Waals surface area contributed by atoms with Crippen LogP contribution in [0.5, 0.6) is 5.75 Å². The summed E-state index contributed by atoms with van der Waals surface area (Å²) in [5.74, 6) is 0.138. The smallest absolute Gasteiger partial charge is 0.387 e. The molecule has 21 heavy (non-hydrogen) atoms. The number of rotatable bonds is 7. The second-order valence-electron chi connectivity index (χ2n) is 4.67. The lowest BCUT2D eigenvalue weighted by Crippen LogP contribution is -2.25. The van der Waals surface area contributed by atoms with Crippen molar-refractivity contribution in [2.24, 2.45) is 5.73 Å². The summed E-state index contributed by atoms with van der Waals surface area (Å²) in [6.07, 6.45) is 1.79. The van der Waals surface area contributed by atoms with E-state index in [0.29, 0.717) is 13.1 Å². The fraction of sp³-hybridized carbons (Fsp3) is 0.357. The molecule has 0 aliphatic rings. The Hall–Kier alpha value is -1.99. The number of ether oxygens (including phenoxy) is 1. The Kier molecular flexibility index (Phi) is 5.24.